The standard InChI is InChI=1S/C13H15N/c1-10-7-8-12(9-13(10)14)11-5-3-2-4-6-11/h2-8,13H,9,14H2,1H3. The van der Waals surface area contributed by atoms with Crippen LogP contribution in [0.1, 0.15) is 18.9 Å². The molecule has 2 N–H and O–H groups in total. The molecule has 1 aromatic carbocycles. The van der Waals surface area contributed by atoms with Crippen molar-refractivity contribution in [1.82, 2.24) is 0 Å². The van der Waals surface area contributed by atoms with Crippen molar-refractivity contribution in [3.05, 3.63) is 53.6 Å². The number of rotatable bonds is 1. The quantitative estimate of drug-likeness (QED) is 0.715. The van der Waals surface area contributed by atoms with Gasteiger partial charge in [0.25, 0.3) is 0 Å². The summed E-state index contributed by atoms with van der Waals surface area (Å²) in [6.07, 6.45) is 5.25. The highest BCUT2D eigenvalue weighted by Gasteiger charge is 2.12. The molecule has 0 amide bonds. The second-order valence-corrected chi connectivity index (χ2v) is 3.78. The van der Waals surface area contributed by atoms with E-state index < -0.39 is 0 Å². The Morgan fingerprint density at radius 3 is 2.50 bits per heavy atom. The first-order chi connectivity index (χ1) is 6.77. The maximum atomic E-state index is 6.00. The first-order valence-corrected chi connectivity index (χ1v) is 4.96. The van der Waals surface area contributed by atoms with Gasteiger partial charge < -0.3 is 5.73 Å². The molecule has 1 aliphatic carbocycles. The molecule has 0 aromatic heterocycles. The fourth-order valence-corrected chi connectivity index (χ4v) is 1.69. The van der Waals surface area contributed by atoms with Gasteiger partial charge in [-0.05, 0) is 24.5 Å². The van der Waals surface area contributed by atoms with Crippen LogP contribution in [0.3, 0.4) is 0 Å². The van der Waals surface area contributed by atoms with Crippen molar-refractivity contribution in [2.45, 2.75) is 19.4 Å². The summed E-state index contributed by atoms with van der Waals surface area (Å²) in [5.41, 5.74) is 9.89. The molecule has 1 unspecified atom stereocenters. The molecule has 0 aliphatic heterocycles. The Morgan fingerprint density at radius 2 is 1.86 bits per heavy atom. The molecule has 14 heavy (non-hydrogen) atoms. The lowest BCUT2D eigenvalue weighted by Crippen LogP contribution is -2.23. The van der Waals surface area contributed by atoms with Crippen LogP contribution >= 0.6 is 0 Å². The van der Waals surface area contributed by atoms with Gasteiger partial charge in [-0.3, -0.25) is 0 Å². The lowest BCUT2D eigenvalue weighted by molar-refractivity contribution is 0.785. The second-order valence-electron chi connectivity index (χ2n) is 3.78. The summed E-state index contributed by atoms with van der Waals surface area (Å²) in [7, 11) is 0. The van der Waals surface area contributed by atoms with Gasteiger partial charge in [0.1, 0.15) is 0 Å². The van der Waals surface area contributed by atoms with Crippen LogP contribution in [-0.2, 0) is 0 Å². The molecule has 72 valence electrons. The number of allylic oxidation sites excluding steroid dienone is 2. The van der Waals surface area contributed by atoms with Crippen LogP contribution < -0.4 is 5.73 Å². The van der Waals surface area contributed by atoms with Gasteiger partial charge in [-0.2, -0.15) is 0 Å². The molecule has 0 saturated heterocycles. The van der Waals surface area contributed by atoms with Crippen LogP contribution in [0.4, 0.5) is 0 Å². The van der Waals surface area contributed by atoms with Gasteiger partial charge in [0.2, 0.25) is 0 Å². The summed E-state index contributed by atoms with van der Waals surface area (Å²) in [5.74, 6) is 0. The van der Waals surface area contributed by atoms with E-state index in [1.54, 1.807) is 0 Å². The van der Waals surface area contributed by atoms with Crippen molar-refractivity contribution in [2.75, 3.05) is 0 Å². The highest BCUT2D eigenvalue weighted by molar-refractivity contribution is 5.69. The largest absolute Gasteiger partial charge is 0.324 e. The van der Waals surface area contributed by atoms with Crippen molar-refractivity contribution in [3.8, 4) is 0 Å². The lowest BCUT2D eigenvalue weighted by atomic mass is 9.91. The minimum atomic E-state index is 0.190. The molecule has 2 rings (SSSR count). The van der Waals surface area contributed by atoms with E-state index >= 15 is 0 Å². The maximum absolute atomic E-state index is 6.00. The zero-order chi connectivity index (χ0) is 9.97. The van der Waals surface area contributed by atoms with E-state index in [4.69, 9.17) is 5.73 Å². The molecular formula is C13H15N. The van der Waals surface area contributed by atoms with E-state index in [0.29, 0.717) is 0 Å². The molecule has 0 spiro atoms. The van der Waals surface area contributed by atoms with E-state index in [2.05, 4.69) is 43.3 Å². The molecule has 0 saturated carbocycles. The Hall–Kier alpha value is -1.34. The van der Waals surface area contributed by atoms with Gasteiger partial charge in [0.05, 0.1) is 0 Å². The summed E-state index contributed by atoms with van der Waals surface area (Å²) >= 11 is 0. The number of nitrogens with two attached hydrogens (primary N) is 1. The van der Waals surface area contributed by atoms with Crippen LogP contribution in [0, 0.1) is 0 Å². The summed E-state index contributed by atoms with van der Waals surface area (Å²) in [5, 5.41) is 0. The molecule has 1 aliphatic rings. The Morgan fingerprint density at radius 1 is 1.14 bits per heavy atom. The van der Waals surface area contributed by atoms with E-state index in [9.17, 15) is 0 Å². The third kappa shape index (κ3) is 1.78. The van der Waals surface area contributed by atoms with Gasteiger partial charge in [-0.1, -0.05) is 48.1 Å². The maximum Gasteiger partial charge on any atom is 0.0295 e. The lowest BCUT2D eigenvalue weighted by Gasteiger charge is -2.19. The van der Waals surface area contributed by atoms with Gasteiger partial charge in [-0.15, -0.1) is 0 Å². The first-order valence-electron chi connectivity index (χ1n) is 4.96. The number of hydrogen-bond donors (Lipinski definition) is 1. The second kappa shape index (κ2) is 3.81. The molecule has 1 atom stereocenters. The van der Waals surface area contributed by atoms with Crippen LogP contribution in [0.5, 0.6) is 0 Å². The molecule has 1 nitrogen and oxygen atoms in total. The summed E-state index contributed by atoms with van der Waals surface area (Å²) in [6, 6.07) is 10.6. The minimum Gasteiger partial charge on any atom is -0.324 e. The number of hydrogen-bond acceptors (Lipinski definition) is 1. The van der Waals surface area contributed by atoms with Crippen molar-refractivity contribution >= 4 is 5.57 Å². The van der Waals surface area contributed by atoms with Crippen LogP contribution in [0.2, 0.25) is 0 Å². The molecule has 0 heterocycles. The Balaban J connectivity index is 2.30. The van der Waals surface area contributed by atoms with E-state index in [1.807, 2.05) is 6.07 Å². The average Bonchev–Trinajstić information content (AvgIpc) is 2.23. The van der Waals surface area contributed by atoms with Crippen molar-refractivity contribution < 1.29 is 0 Å². The smallest absolute Gasteiger partial charge is 0.0295 e. The van der Waals surface area contributed by atoms with Crippen molar-refractivity contribution in [2.24, 2.45) is 5.73 Å². The van der Waals surface area contributed by atoms with Gasteiger partial charge in [0.15, 0.2) is 0 Å². The summed E-state index contributed by atoms with van der Waals surface area (Å²) in [6.45, 7) is 2.09. The summed E-state index contributed by atoms with van der Waals surface area (Å²) in [4.78, 5) is 0. The first kappa shape index (κ1) is 9.22. The van der Waals surface area contributed by atoms with E-state index in [-0.39, 0.29) is 6.04 Å². The van der Waals surface area contributed by atoms with Crippen LogP contribution in [0.25, 0.3) is 5.57 Å². The normalized spacial score (nSPS) is 21.4. The minimum absolute atomic E-state index is 0.190. The van der Waals surface area contributed by atoms with Crippen LogP contribution in [0.15, 0.2) is 48.1 Å². The topological polar surface area (TPSA) is 26.0 Å². The Bertz CT molecular complexity index is 373. The molecule has 1 heteroatoms. The predicted molar refractivity (Wildman–Crippen MR) is 60.8 cm³/mol. The highest BCUT2D eigenvalue weighted by Crippen LogP contribution is 2.25. The number of benzene rings is 1. The summed E-state index contributed by atoms with van der Waals surface area (Å²) < 4.78 is 0. The van der Waals surface area contributed by atoms with Crippen LogP contribution in [-0.4, -0.2) is 6.04 Å². The monoisotopic (exact) mass is 185 g/mol. The zero-order valence-corrected chi connectivity index (χ0v) is 8.40. The van der Waals surface area contributed by atoms with Gasteiger partial charge >= 0.3 is 0 Å². The van der Waals surface area contributed by atoms with Crippen molar-refractivity contribution in [3.63, 3.8) is 0 Å². The van der Waals surface area contributed by atoms with E-state index in [1.165, 1.54) is 16.7 Å². The fraction of sp³-hybridized carbons (Fsp3) is 0.231. The molecule has 0 bridgehead atoms. The van der Waals surface area contributed by atoms with Gasteiger partial charge in [-0.25, -0.2) is 0 Å². The third-order valence-corrected chi connectivity index (χ3v) is 2.72. The zero-order valence-electron chi connectivity index (χ0n) is 8.40. The van der Waals surface area contributed by atoms with E-state index in [0.717, 1.165) is 6.42 Å². The Kier molecular flexibility index (Phi) is 2.51. The molecule has 0 fully saturated rings. The SMILES string of the molecule is CC1=CC=C(c2ccccc2)CC1N. The highest BCUT2D eigenvalue weighted by atomic mass is 14.6. The molecule has 0 radical (unpaired) electrons. The van der Waals surface area contributed by atoms with Gasteiger partial charge in [0, 0.05) is 6.04 Å². The predicted octanol–water partition coefficient (Wildman–Crippen LogP) is 2.75. The molecular weight excluding hydrogens is 170 g/mol. The Labute approximate surface area is 84.9 Å². The average molecular weight is 185 g/mol. The van der Waals surface area contributed by atoms with Crippen molar-refractivity contribution in [1.29, 1.82) is 0 Å². The third-order valence-electron chi connectivity index (χ3n) is 2.72. The molecule has 1 aromatic rings. The fourth-order valence-electron chi connectivity index (χ4n) is 1.69.